The van der Waals surface area contributed by atoms with E-state index >= 15 is 0 Å². The van der Waals surface area contributed by atoms with Gasteiger partial charge < -0.3 is 9.88 Å². The third-order valence-corrected chi connectivity index (χ3v) is 4.38. The molecule has 1 aliphatic rings. The van der Waals surface area contributed by atoms with Crippen LogP contribution in [-0.4, -0.2) is 15.6 Å². The molecule has 1 aliphatic carbocycles. The van der Waals surface area contributed by atoms with Gasteiger partial charge in [0.2, 0.25) is 0 Å². The first-order chi connectivity index (χ1) is 9.22. The van der Waals surface area contributed by atoms with E-state index in [2.05, 4.69) is 24.1 Å². The van der Waals surface area contributed by atoms with Crippen molar-refractivity contribution in [1.82, 2.24) is 9.55 Å². The van der Waals surface area contributed by atoms with E-state index in [1.165, 1.54) is 19.3 Å². The number of hydrogen-bond acceptors (Lipinski definition) is 3. The van der Waals surface area contributed by atoms with Gasteiger partial charge in [-0.1, -0.05) is 26.7 Å². The summed E-state index contributed by atoms with van der Waals surface area (Å²) in [5.74, 6) is 0.488. The lowest BCUT2D eigenvalue weighted by molar-refractivity contribution is 0.216. The fourth-order valence-corrected chi connectivity index (χ4v) is 2.97. The lowest BCUT2D eigenvalue weighted by Gasteiger charge is -2.39. The molecule has 1 heterocycles. The minimum absolute atomic E-state index is 0.0265. The van der Waals surface area contributed by atoms with Crippen molar-refractivity contribution < 1.29 is 0 Å². The summed E-state index contributed by atoms with van der Waals surface area (Å²) in [5.41, 5.74) is -0.0331. The minimum atomic E-state index is -0.224. The third-order valence-electron chi connectivity index (χ3n) is 4.38. The molecule has 1 unspecified atom stereocenters. The van der Waals surface area contributed by atoms with Crippen LogP contribution in [0.15, 0.2) is 17.2 Å². The molecule has 1 fully saturated rings. The van der Waals surface area contributed by atoms with E-state index in [-0.39, 0.29) is 16.5 Å². The predicted molar refractivity (Wildman–Crippen MR) is 83.2 cm³/mol. The third kappa shape index (κ3) is 3.05. The predicted octanol–water partition coefficient (Wildman–Crippen LogP) is 3.38. The van der Waals surface area contributed by atoms with Gasteiger partial charge in [-0.25, -0.2) is 4.98 Å². The van der Waals surface area contributed by atoms with Crippen LogP contribution in [0.1, 0.15) is 60.3 Å². The average Bonchev–Trinajstić information content (AvgIpc) is 2.32. The Labute approximate surface area is 121 Å². The fraction of sp³-hybridized carbons (Fsp3) is 0.750. The Morgan fingerprint density at radius 1 is 1.35 bits per heavy atom. The first-order valence-electron chi connectivity index (χ1n) is 7.56. The van der Waals surface area contributed by atoms with Crippen LogP contribution in [0, 0.1) is 5.41 Å². The van der Waals surface area contributed by atoms with Crippen LogP contribution < -0.4 is 10.9 Å². The molecule has 4 nitrogen and oxygen atoms in total. The molecule has 0 bridgehead atoms. The van der Waals surface area contributed by atoms with Crippen LogP contribution in [0.3, 0.4) is 0 Å². The Morgan fingerprint density at radius 2 is 2.05 bits per heavy atom. The molecule has 112 valence electrons. The van der Waals surface area contributed by atoms with Crippen LogP contribution in [0.25, 0.3) is 0 Å². The molecule has 0 saturated heterocycles. The van der Waals surface area contributed by atoms with E-state index in [1.807, 2.05) is 20.8 Å². The summed E-state index contributed by atoms with van der Waals surface area (Å²) >= 11 is 0. The van der Waals surface area contributed by atoms with Gasteiger partial charge in [0.25, 0.3) is 5.56 Å². The number of rotatable bonds is 2. The highest BCUT2D eigenvalue weighted by Crippen LogP contribution is 2.36. The topological polar surface area (TPSA) is 46.9 Å². The second kappa shape index (κ2) is 5.23. The molecule has 1 N–H and O–H groups in total. The monoisotopic (exact) mass is 277 g/mol. The van der Waals surface area contributed by atoms with Gasteiger partial charge in [0, 0.05) is 24.0 Å². The van der Waals surface area contributed by atoms with Crippen molar-refractivity contribution in [2.75, 3.05) is 5.32 Å². The molecule has 0 radical (unpaired) electrons. The summed E-state index contributed by atoms with van der Waals surface area (Å²) in [6, 6.07) is 0.326. The zero-order valence-electron chi connectivity index (χ0n) is 13.4. The summed E-state index contributed by atoms with van der Waals surface area (Å²) in [5, 5.41) is 3.41. The quantitative estimate of drug-likeness (QED) is 0.901. The smallest absolute Gasteiger partial charge is 0.293 e. The summed E-state index contributed by atoms with van der Waals surface area (Å²) in [6.45, 7) is 10.6. The Bertz CT molecular complexity index is 525. The van der Waals surface area contributed by atoms with Gasteiger partial charge in [0.15, 0.2) is 5.82 Å². The van der Waals surface area contributed by atoms with Gasteiger partial charge in [-0.15, -0.1) is 0 Å². The molecule has 1 aromatic rings. The lowest BCUT2D eigenvalue weighted by Crippen LogP contribution is -2.42. The highest BCUT2D eigenvalue weighted by Gasteiger charge is 2.33. The summed E-state index contributed by atoms with van der Waals surface area (Å²) in [6.07, 6.45) is 8.29. The van der Waals surface area contributed by atoms with Crippen LogP contribution in [0.5, 0.6) is 0 Å². The minimum Gasteiger partial charge on any atom is -0.362 e. The SMILES string of the molecule is CC1(C)CCCCC1Nc1nccn(C(C)(C)C)c1=O. The molecule has 1 saturated carbocycles. The second-order valence-corrected chi connectivity index (χ2v) is 7.55. The van der Waals surface area contributed by atoms with E-state index < -0.39 is 0 Å². The molecule has 1 aromatic heterocycles. The number of hydrogen-bond donors (Lipinski definition) is 1. The number of nitrogens with one attached hydrogen (secondary N) is 1. The van der Waals surface area contributed by atoms with Crippen molar-refractivity contribution in [1.29, 1.82) is 0 Å². The standard InChI is InChI=1S/C16H27N3O/c1-15(2,3)19-11-10-17-13(14(19)20)18-12-8-6-7-9-16(12,4)5/h10-12H,6-9H2,1-5H3,(H,17,18). The maximum absolute atomic E-state index is 12.5. The average molecular weight is 277 g/mol. The van der Waals surface area contributed by atoms with E-state index in [0.717, 1.165) is 6.42 Å². The van der Waals surface area contributed by atoms with Crippen LogP contribution in [0.4, 0.5) is 5.82 Å². The molecule has 4 heteroatoms. The molecule has 20 heavy (non-hydrogen) atoms. The van der Waals surface area contributed by atoms with Gasteiger partial charge in [0.05, 0.1) is 0 Å². The zero-order chi connectivity index (χ0) is 15.0. The van der Waals surface area contributed by atoms with Gasteiger partial charge in [0.1, 0.15) is 0 Å². The van der Waals surface area contributed by atoms with Crippen LogP contribution >= 0.6 is 0 Å². The molecule has 0 aromatic carbocycles. The largest absolute Gasteiger partial charge is 0.362 e. The van der Waals surface area contributed by atoms with Crippen LogP contribution in [-0.2, 0) is 5.54 Å². The highest BCUT2D eigenvalue weighted by molar-refractivity contribution is 5.33. The van der Waals surface area contributed by atoms with Crippen molar-refractivity contribution in [3.63, 3.8) is 0 Å². The summed E-state index contributed by atoms with van der Waals surface area (Å²) in [7, 11) is 0. The lowest BCUT2D eigenvalue weighted by atomic mass is 9.73. The molecule has 2 rings (SSSR count). The fourth-order valence-electron chi connectivity index (χ4n) is 2.97. The van der Waals surface area contributed by atoms with E-state index in [4.69, 9.17) is 0 Å². The van der Waals surface area contributed by atoms with Crippen molar-refractivity contribution >= 4 is 5.82 Å². The van der Waals surface area contributed by atoms with E-state index in [9.17, 15) is 4.79 Å². The van der Waals surface area contributed by atoms with Crippen LogP contribution in [0.2, 0.25) is 0 Å². The first-order valence-corrected chi connectivity index (χ1v) is 7.56. The number of nitrogens with zero attached hydrogens (tertiary/aromatic N) is 2. The molecule has 0 spiro atoms. The Kier molecular flexibility index (Phi) is 3.94. The Morgan fingerprint density at radius 3 is 2.65 bits per heavy atom. The Hall–Kier alpha value is -1.32. The van der Waals surface area contributed by atoms with E-state index in [1.54, 1.807) is 17.0 Å². The normalized spacial score (nSPS) is 22.6. The van der Waals surface area contributed by atoms with Crippen molar-refractivity contribution in [2.45, 2.75) is 71.9 Å². The molecule has 0 amide bonds. The highest BCUT2D eigenvalue weighted by atomic mass is 16.1. The molecular weight excluding hydrogens is 250 g/mol. The number of aromatic nitrogens is 2. The van der Waals surface area contributed by atoms with Gasteiger partial charge in [-0.2, -0.15) is 0 Å². The Balaban J connectivity index is 2.28. The molecule has 1 atom stereocenters. The van der Waals surface area contributed by atoms with Crippen molar-refractivity contribution in [2.24, 2.45) is 5.41 Å². The number of anilines is 1. The van der Waals surface area contributed by atoms with Gasteiger partial charge in [-0.05, 0) is 39.0 Å². The van der Waals surface area contributed by atoms with E-state index in [0.29, 0.717) is 11.9 Å². The maximum Gasteiger partial charge on any atom is 0.293 e. The van der Waals surface area contributed by atoms with Crippen molar-refractivity contribution in [3.05, 3.63) is 22.7 Å². The second-order valence-electron chi connectivity index (χ2n) is 7.55. The first kappa shape index (κ1) is 15.1. The zero-order valence-corrected chi connectivity index (χ0v) is 13.4. The maximum atomic E-state index is 12.5. The van der Waals surface area contributed by atoms with Crippen molar-refractivity contribution in [3.8, 4) is 0 Å². The molecule has 0 aliphatic heterocycles. The molecular formula is C16H27N3O. The summed E-state index contributed by atoms with van der Waals surface area (Å²) < 4.78 is 1.75. The van der Waals surface area contributed by atoms with Gasteiger partial charge >= 0.3 is 0 Å². The summed E-state index contributed by atoms with van der Waals surface area (Å²) in [4.78, 5) is 16.8. The van der Waals surface area contributed by atoms with Gasteiger partial charge in [-0.3, -0.25) is 4.79 Å².